The molecule has 7 nitrogen and oxygen atoms in total. The number of carbonyl (C=O) groups excluding carboxylic acids is 1. The second kappa shape index (κ2) is 13.1. The molecule has 0 aliphatic carbocycles. The van der Waals surface area contributed by atoms with Crippen molar-refractivity contribution in [1.29, 1.82) is 0 Å². The Morgan fingerprint density at radius 2 is 1.87 bits per heavy atom. The lowest BCUT2D eigenvalue weighted by Crippen LogP contribution is -2.37. The highest BCUT2D eigenvalue weighted by Gasteiger charge is 2.18. The Bertz CT molecular complexity index is 822. The maximum Gasteiger partial charge on any atom is 0.333 e. The molecule has 1 atom stereocenters. The van der Waals surface area contributed by atoms with Gasteiger partial charge in [0.25, 0.3) is 0 Å². The number of rotatable bonds is 13. The number of ether oxygens (including phenoxy) is 1. The Morgan fingerprint density at radius 1 is 1.16 bits per heavy atom. The van der Waals surface area contributed by atoms with Gasteiger partial charge >= 0.3 is 12.0 Å². The zero-order valence-electron chi connectivity index (χ0n) is 18.6. The molecule has 170 valence electrons. The van der Waals surface area contributed by atoms with E-state index in [4.69, 9.17) is 4.74 Å². The van der Waals surface area contributed by atoms with Crippen LogP contribution in [0.15, 0.2) is 30.5 Å². The molecule has 8 heteroatoms. The number of unbranched alkanes of at least 4 members (excludes halogenated alkanes) is 4. The molecule has 0 bridgehead atoms. The smallest absolute Gasteiger partial charge is 0.333 e. The topological polar surface area (TPSA) is 91.8 Å². The number of urea groups is 1. The Kier molecular flexibility index (Phi) is 10.5. The van der Waals surface area contributed by atoms with E-state index in [2.05, 4.69) is 17.2 Å². The monoisotopic (exact) mass is 447 g/mol. The van der Waals surface area contributed by atoms with Crippen molar-refractivity contribution in [1.82, 2.24) is 10.3 Å². The largest absolute Gasteiger partial charge is 0.479 e. The van der Waals surface area contributed by atoms with Crippen molar-refractivity contribution in [3.8, 4) is 10.4 Å². The van der Waals surface area contributed by atoms with Gasteiger partial charge in [-0.3, -0.25) is 4.90 Å². The van der Waals surface area contributed by atoms with E-state index in [-0.39, 0.29) is 6.03 Å². The predicted molar refractivity (Wildman–Crippen MR) is 125 cm³/mol. The molecule has 0 spiro atoms. The molecule has 0 saturated carbocycles. The van der Waals surface area contributed by atoms with Gasteiger partial charge in [0.1, 0.15) is 0 Å². The molecule has 2 N–H and O–H groups in total. The van der Waals surface area contributed by atoms with Crippen LogP contribution < -0.4 is 10.2 Å². The number of carboxylic acids is 1. The van der Waals surface area contributed by atoms with Crippen molar-refractivity contribution in [2.45, 2.75) is 58.5 Å². The van der Waals surface area contributed by atoms with Gasteiger partial charge in [-0.25, -0.2) is 14.6 Å². The van der Waals surface area contributed by atoms with E-state index in [1.165, 1.54) is 35.5 Å². The molecule has 1 aromatic heterocycles. The fraction of sp³-hybridized carbons (Fsp3) is 0.522. The van der Waals surface area contributed by atoms with E-state index in [9.17, 15) is 14.7 Å². The van der Waals surface area contributed by atoms with Crippen LogP contribution in [0, 0.1) is 0 Å². The fourth-order valence-corrected chi connectivity index (χ4v) is 4.00. The number of hydrogen-bond acceptors (Lipinski definition) is 5. The lowest BCUT2D eigenvalue weighted by atomic mass is 10.1. The number of thiazole rings is 1. The van der Waals surface area contributed by atoms with Gasteiger partial charge in [-0.15, -0.1) is 0 Å². The second-order valence-corrected chi connectivity index (χ2v) is 8.40. The van der Waals surface area contributed by atoms with Gasteiger partial charge in [-0.2, -0.15) is 0 Å². The molecule has 0 aliphatic heterocycles. The molecule has 0 aliphatic rings. The molecule has 31 heavy (non-hydrogen) atoms. The lowest BCUT2D eigenvalue weighted by molar-refractivity contribution is -0.149. The maximum absolute atomic E-state index is 12.4. The summed E-state index contributed by atoms with van der Waals surface area (Å²) in [6.45, 7) is 5.00. The van der Waals surface area contributed by atoms with Gasteiger partial charge in [0.2, 0.25) is 0 Å². The molecule has 0 saturated heterocycles. The molecule has 0 radical (unpaired) electrons. The van der Waals surface area contributed by atoms with Gasteiger partial charge in [-0.05, 0) is 24.5 Å². The van der Waals surface area contributed by atoms with Gasteiger partial charge in [0, 0.05) is 32.8 Å². The summed E-state index contributed by atoms with van der Waals surface area (Å²) < 4.78 is 5.28. The first kappa shape index (κ1) is 24.8. The van der Waals surface area contributed by atoms with Crippen LogP contribution >= 0.6 is 11.3 Å². The van der Waals surface area contributed by atoms with Crippen molar-refractivity contribution in [3.63, 3.8) is 0 Å². The Balaban J connectivity index is 1.91. The molecular formula is C23H33N3O4S. The average molecular weight is 448 g/mol. The minimum absolute atomic E-state index is 0.151. The van der Waals surface area contributed by atoms with Crippen LogP contribution in [-0.2, 0) is 16.0 Å². The van der Waals surface area contributed by atoms with Gasteiger partial charge < -0.3 is 15.2 Å². The highest BCUT2D eigenvalue weighted by Crippen LogP contribution is 2.31. The van der Waals surface area contributed by atoms with Crippen molar-refractivity contribution in [3.05, 3.63) is 36.0 Å². The summed E-state index contributed by atoms with van der Waals surface area (Å²) in [4.78, 5) is 30.5. The number of aliphatic carboxylic acids is 1. The van der Waals surface area contributed by atoms with Crippen molar-refractivity contribution >= 4 is 28.5 Å². The summed E-state index contributed by atoms with van der Waals surface area (Å²) in [6, 6.07) is 7.53. The van der Waals surface area contributed by atoms with Crippen molar-refractivity contribution in [2.24, 2.45) is 0 Å². The van der Waals surface area contributed by atoms with Crippen LogP contribution in [0.2, 0.25) is 0 Å². The van der Waals surface area contributed by atoms with Crippen LogP contribution in [0.25, 0.3) is 10.4 Å². The van der Waals surface area contributed by atoms with E-state index in [1.54, 1.807) is 20.2 Å². The Morgan fingerprint density at radius 3 is 2.52 bits per heavy atom. The van der Waals surface area contributed by atoms with E-state index in [1.807, 2.05) is 24.3 Å². The third-order valence-corrected chi connectivity index (χ3v) is 6.07. The maximum atomic E-state index is 12.4. The summed E-state index contributed by atoms with van der Waals surface area (Å²) in [5.41, 5.74) is 1.87. The van der Waals surface area contributed by atoms with Crippen LogP contribution in [-0.4, -0.2) is 48.4 Å². The first-order valence-electron chi connectivity index (χ1n) is 10.9. The summed E-state index contributed by atoms with van der Waals surface area (Å²) in [5, 5.41) is 12.8. The minimum Gasteiger partial charge on any atom is -0.479 e. The minimum atomic E-state index is -0.958. The molecule has 2 amide bonds. The van der Waals surface area contributed by atoms with Gasteiger partial charge in [-0.1, -0.05) is 68.2 Å². The zero-order chi connectivity index (χ0) is 22.6. The normalized spacial score (nSPS) is 11.8. The van der Waals surface area contributed by atoms with E-state index < -0.39 is 12.1 Å². The zero-order valence-corrected chi connectivity index (χ0v) is 19.4. The third kappa shape index (κ3) is 7.95. The average Bonchev–Trinajstić information content (AvgIpc) is 3.25. The van der Waals surface area contributed by atoms with E-state index in [0.29, 0.717) is 24.7 Å². The van der Waals surface area contributed by atoms with E-state index in [0.717, 1.165) is 28.8 Å². The van der Waals surface area contributed by atoms with Gasteiger partial charge in [0.05, 0.1) is 4.88 Å². The number of benzene rings is 1. The number of amides is 2. The Hall–Kier alpha value is -2.45. The fourth-order valence-electron chi connectivity index (χ4n) is 3.12. The summed E-state index contributed by atoms with van der Waals surface area (Å²) in [5.74, 6) is -0.958. The quantitative estimate of drug-likeness (QED) is 0.424. The second-order valence-electron chi connectivity index (χ2n) is 7.40. The predicted octanol–water partition coefficient (Wildman–Crippen LogP) is 4.96. The lowest BCUT2D eigenvalue weighted by Gasteiger charge is -2.14. The van der Waals surface area contributed by atoms with E-state index >= 15 is 0 Å². The number of nitrogens with zero attached hydrogens (tertiary/aromatic N) is 2. The Labute approximate surface area is 188 Å². The first-order valence-corrected chi connectivity index (χ1v) is 11.7. The van der Waals surface area contributed by atoms with Crippen LogP contribution in [0.1, 0.15) is 51.5 Å². The molecule has 1 aromatic carbocycles. The first-order chi connectivity index (χ1) is 15.0. The van der Waals surface area contributed by atoms with Crippen LogP contribution in [0.3, 0.4) is 0 Å². The molecule has 1 heterocycles. The highest BCUT2D eigenvalue weighted by atomic mass is 32.1. The molecule has 0 fully saturated rings. The number of anilines is 1. The SMILES string of the molecule is CCCCCCCNC(=O)N(C)c1ncc(-c2ccc(CC(OCC)C(=O)O)cc2)s1. The summed E-state index contributed by atoms with van der Waals surface area (Å²) >= 11 is 1.44. The molecule has 2 rings (SSSR count). The molecular weight excluding hydrogens is 414 g/mol. The molecule has 2 aromatic rings. The van der Waals surface area contributed by atoms with Gasteiger partial charge in [0.15, 0.2) is 11.2 Å². The third-order valence-electron chi connectivity index (χ3n) is 4.94. The standard InChI is InChI=1S/C23H33N3O4S/c1-4-6-7-8-9-14-24-22(29)26(3)23-25-16-20(31-23)18-12-10-17(11-13-18)15-19(21(27)28)30-5-2/h10-13,16,19H,4-9,14-15H2,1-3H3,(H,24,29)(H,27,28). The number of nitrogens with one attached hydrogen (secondary N) is 1. The highest BCUT2D eigenvalue weighted by molar-refractivity contribution is 7.19. The number of aromatic nitrogens is 1. The summed E-state index contributed by atoms with van der Waals surface area (Å²) in [6.07, 6.45) is 7.00. The molecule has 1 unspecified atom stereocenters. The number of carboxylic acid groups (broad SMARTS) is 1. The number of carbonyl (C=O) groups is 2. The van der Waals surface area contributed by atoms with Crippen molar-refractivity contribution in [2.75, 3.05) is 25.1 Å². The number of hydrogen-bond donors (Lipinski definition) is 2. The van der Waals surface area contributed by atoms with Crippen molar-refractivity contribution < 1.29 is 19.4 Å². The van der Waals surface area contributed by atoms with Crippen LogP contribution in [0.5, 0.6) is 0 Å². The van der Waals surface area contributed by atoms with Crippen LogP contribution in [0.4, 0.5) is 9.93 Å². The summed E-state index contributed by atoms with van der Waals surface area (Å²) in [7, 11) is 1.72.